The fourth-order valence-electron chi connectivity index (χ4n) is 3.09. The van der Waals surface area contributed by atoms with Crippen molar-refractivity contribution in [2.75, 3.05) is 20.3 Å². The van der Waals surface area contributed by atoms with Crippen LogP contribution in [0.25, 0.3) is 0 Å². The van der Waals surface area contributed by atoms with Crippen molar-refractivity contribution in [2.24, 2.45) is 0 Å². The van der Waals surface area contributed by atoms with Gasteiger partial charge in [0.15, 0.2) is 11.5 Å². The van der Waals surface area contributed by atoms with Crippen LogP contribution in [0, 0.1) is 0 Å². The van der Waals surface area contributed by atoms with E-state index in [9.17, 15) is 5.11 Å². The van der Waals surface area contributed by atoms with Gasteiger partial charge >= 0.3 is 0 Å². The molecule has 4 nitrogen and oxygen atoms in total. The molecule has 1 heterocycles. The Hall–Kier alpha value is -2.20. The van der Waals surface area contributed by atoms with E-state index in [1.165, 1.54) is 16.7 Å². The van der Waals surface area contributed by atoms with E-state index in [-0.39, 0.29) is 5.75 Å². The molecule has 0 aromatic heterocycles. The Morgan fingerprint density at radius 2 is 2.04 bits per heavy atom. The number of phenols is 1. The molecule has 4 heteroatoms. The molecule has 1 aliphatic rings. The predicted octanol–water partition coefficient (Wildman–Crippen LogP) is 3.36. The lowest BCUT2D eigenvalue weighted by atomic mass is 9.98. The standard InChI is InChI=1S/C19H23NO3/c1-3-23-17-6-4-5-14(9-17)12-20-8-7-15-10-18(21)19(22-2)11-16(15)13-20/h4-6,9-11,21H,3,7-8,12-13H2,1-2H3. The minimum Gasteiger partial charge on any atom is -0.504 e. The van der Waals surface area contributed by atoms with Gasteiger partial charge in [-0.2, -0.15) is 0 Å². The smallest absolute Gasteiger partial charge is 0.160 e. The molecule has 122 valence electrons. The van der Waals surface area contributed by atoms with Crippen LogP contribution in [0.4, 0.5) is 0 Å². The Balaban J connectivity index is 1.73. The lowest BCUT2D eigenvalue weighted by Crippen LogP contribution is -2.30. The maximum atomic E-state index is 9.90. The van der Waals surface area contributed by atoms with E-state index < -0.39 is 0 Å². The zero-order valence-electron chi connectivity index (χ0n) is 13.7. The number of aromatic hydroxyl groups is 1. The molecule has 2 aromatic rings. The third kappa shape index (κ3) is 3.59. The Morgan fingerprint density at radius 1 is 1.17 bits per heavy atom. The van der Waals surface area contributed by atoms with E-state index in [0.717, 1.165) is 31.8 Å². The molecule has 0 fully saturated rings. The summed E-state index contributed by atoms with van der Waals surface area (Å²) in [5.41, 5.74) is 3.69. The van der Waals surface area contributed by atoms with E-state index in [0.29, 0.717) is 12.4 Å². The van der Waals surface area contributed by atoms with Crippen molar-refractivity contribution in [1.82, 2.24) is 4.90 Å². The summed E-state index contributed by atoms with van der Waals surface area (Å²) in [6, 6.07) is 12.1. The highest BCUT2D eigenvalue weighted by Gasteiger charge is 2.19. The summed E-state index contributed by atoms with van der Waals surface area (Å²) in [6.07, 6.45) is 0.942. The molecular weight excluding hydrogens is 290 g/mol. The van der Waals surface area contributed by atoms with Crippen molar-refractivity contribution in [2.45, 2.75) is 26.4 Å². The van der Waals surface area contributed by atoms with Crippen LogP contribution in [0.5, 0.6) is 17.2 Å². The summed E-state index contributed by atoms with van der Waals surface area (Å²) in [4.78, 5) is 2.41. The Bertz CT molecular complexity index is 684. The number of hydrogen-bond acceptors (Lipinski definition) is 4. The molecule has 0 unspecified atom stereocenters. The lowest BCUT2D eigenvalue weighted by Gasteiger charge is -2.29. The molecule has 0 saturated carbocycles. The number of rotatable bonds is 5. The predicted molar refractivity (Wildman–Crippen MR) is 90.1 cm³/mol. The van der Waals surface area contributed by atoms with Crippen LogP contribution >= 0.6 is 0 Å². The fourth-order valence-corrected chi connectivity index (χ4v) is 3.09. The summed E-state index contributed by atoms with van der Waals surface area (Å²) in [7, 11) is 1.58. The lowest BCUT2D eigenvalue weighted by molar-refractivity contribution is 0.243. The van der Waals surface area contributed by atoms with Crippen LogP contribution < -0.4 is 9.47 Å². The second-order valence-corrected chi connectivity index (χ2v) is 5.83. The summed E-state index contributed by atoms with van der Waals surface area (Å²) < 4.78 is 10.8. The van der Waals surface area contributed by atoms with Crippen molar-refractivity contribution in [3.8, 4) is 17.2 Å². The molecule has 1 aliphatic heterocycles. The van der Waals surface area contributed by atoms with E-state index in [1.54, 1.807) is 7.11 Å². The number of hydrogen-bond donors (Lipinski definition) is 1. The molecular formula is C19H23NO3. The summed E-state index contributed by atoms with van der Waals surface area (Å²) in [5.74, 6) is 1.70. The number of benzene rings is 2. The average Bonchev–Trinajstić information content (AvgIpc) is 2.55. The van der Waals surface area contributed by atoms with E-state index in [2.05, 4.69) is 17.0 Å². The van der Waals surface area contributed by atoms with Gasteiger partial charge in [-0.1, -0.05) is 12.1 Å². The van der Waals surface area contributed by atoms with Crippen molar-refractivity contribution < 1.29 is 14.6 Å². The van der Waals surface area contributed by atoms with Crippen molar-refractivity contribution >= 4 is 0 Å². The van der Waals surface area contributed by atoms with Gasteiger partial charge < -0.3 is 14.6 Å². The summed E-state index contributed by atoms with van der Waals surface area (Å²) in [6.45, 7) is 5.42. The van der Waals surface area contributed by atoms with Gasteiger partial charge in [-0.05, 0) is 54.3 Å². The molecule has 3 rings (SSSR count). The SMILES string of the molecule is CCOc1cccc(CN2CCc3cc(O)c(OC)cc3C2)c1. The molecule has 0 radical (unpaired) electrons. The molecule has 23 heavy (non-hydrogen) atoms. The molecule has 0 atom stereocenters. The fraction of sp³-hybridized carbons (Fsp3) is 0.368. The van der Waals surface area contributed by atoms with Gasteiger partial charge in [0.2, 0.25) is 0 Å². The second kappa shape index (κ2) is 6.92. The molecule has 0 aliphatic carbocycles. The minimum atomic E-state index is 0.226. The van der Waals surface area contributed by atoms with Crippen LogP contribution in [0.15, 0.2) is 36.4 Å². The number of ether oxygens (including phenoxy) is 2. The van der Waals surface area contributed by atoms with Crippen LogP contribution in [0.3, 0.4) is 0 Å². The highest BCUT2D eigenvalue weighted by molar-refractivity contribution is 5.47. The van der Waals surface area contributed by atoms with E-state index in [4.69, 9.17) is 9.47 Å². The number of methoxy groups -OCH3 is 1. The average molecular weight is 313 g/mol. The van der Waals surface area contributed by atoms with Gasteiger partial charge in [0.1, 0.15) is 5.75 Å². The Morgan fingerprint density at radius 3 is 2.83 bits per heavy atom. The second-order valence-electron chi connectivity index (χ2n) is 5.83. The Kier molecular flexibility index (Phi) is 4.72. The van der Waals surface area contributed by atoms with E-state index >= 15 is 0 Å². The topological polar surface area (TPSA) is 41.9 Å². The van der Waals surface area contributed by atoms with Crippen molar-refractivity contribution in [1.29, 1.82) is 0 Å². The first-order valence-corrected chi connectivity index (χ1v) is 8.02. The quantitative estimate of drug-likeness (QED) is 0.919. The van der Waals surface area contributed by atoms with Crippen LogP contribution in [0.2, 0.25) is 0 Å². The number of phenolic OH excluding ortho intramolecular Hbond substituents is 1. The highest BCUT2D eigenvalue weighted by atomic mass is 16.5. The molecule has 0 saturated heterocycles. The first-order valence-electron chi connectivity index (χ1n) is 8.02. The molecule has 0 bridgehead atoms. The highest BCUT2D eigenvalue weighted by Crippen LogP contribution is 2.32. The van der Waals surface area contributed by atoms with Crippen LogP contribution in [-0.2, 0) is 19.5 Å². The molecule has 2 aromatic carbocycles. The summed E-state index contributed by atoms with van der Waals surface area (Å²) in [5, 5.41) is 9.90. The third-order valence-corrected chi connectivity index (χ3v) is 4.21. The maximum absolute atomic E-state index is 9.90. The van der Waals surface area contributed by atoms with Gasteiger partial charge in [-0.25, -0.2) is 0 Å². The van der Waals surface area contributed by atoms with Gasteiger partial charge in [0.25, 0.3) is 0 Å². The van der Waals surface area contributed by atoms with Crippen molar-refractivity contribution in [3.05, 3.63) is 53.1 Å². The van der Waals surface area contributed by atoms with Gasteiger partial charge in [-0.15, -0.1) is 0 Å². The van der Waals surface area contributed by atoms with Crippen LogP contribution in [-0.4, -0.2) is 30.3 Å². The molecule has 1 N–H and O–H groups in total. The first kappa shape index (κ1) is 15.7. The zero-order valence-corrected chi connectivity index (χ0v) is 13.7. The normalized spacial score (nSPS) is 14.3. The molecule has 0 amide bonds. The van der Waals surface area contributed by atoms with Gasteiger partial charge in [0, 0.05) is 19.6 Å². The molecule has 0 spiro atoms. The minimum absolute atomic E-state index is 0.226. The largest absolute Gasteiger partial charge is 0.504 e. The van der Waals surface area contributed by atoms with Crippen LogP contribution in [0.1, 0.15) is 23.6 Å². The van der Waals surface area contributed by atoms with Gasteiger partial charge in [0.05, 0.1) is 13.7 Å². The van der Waals surface area contributed by atoms with Crippen molar-refractivity contribution in [3.63, 3.8) is 0 Å². The van der Waals surface area contributed by atoms with Gasteiger partial charge in [-0.3, -0.25) is 4.90 Å². The Labute approximate surface area is 137 Å². The third-order valence-electron chi connectivity index (χ3n) is 4.21. The van der Waals surface area contributed by atoms with E-state index in [1.807, 2.05) is 31.2 Å². The zero-order chi connectivity index (χ0) is 16.2. The monoisotopic (exact) mass is 313 g/mol. The summed E-state index contributed by atoms with van der Waals surface area (Å²) >= 11 is 0. The first-order chi connectivity index (χ1) is 11.2. The maximum Gasteiger partial charge on any atom is 0.160 e. The number of fused-ring (bicyclic) bond motifs is 1. The number of nitrogens with zero attached hydrogens (tertiary/aromatic N) is 1.